The van der Waals surface area contributed by atoms with Crippen LogP contribution in [0.25, 0.3) is 11.3 Å². The summed E-state index contributed by atoms with van der Waals surface area (Å²) >= 11 is 1.29. The van der Waals surface area contributed by atoms with Crippen LogP contribution in [-0.2, 0) is 16.1 Å². The van der Waals surface area contributed by atoms with E-state index in [9.17, 15) is 9.59 Å². The van der Waals surface area contributed by atoms with Crippen molar-refractivity contribution < 1.29 is 9.59 Å². The van der Waals surface area contributed by atoms with Crippen LogP contribution < -0.4 is 15.5 Å². The molecule has 0 atom stereocenters. The fraction of sp³-hybridized carbons (Fsp3) is 0.261. The Labute approximate surface area is 181 Å². The lowest BCUT2D eigenvalue weighted by molar-refractivity contribution is -0.136. The van der Waals surface area contributed by atoms with E-state index in [1.807, 2.05) is 48.8 Å². The molecule has 156 valence electrons. The molecule has 0 fully saturated rings. The molecule has 0 bridgehead atoms. The Morgan fingerprint density at radius 3 is 2.57 bits per heavy atom. The summed E-state index contributed by atoms with van der Waals surface area (Å²) in [5.74, 6) is -1.41. The van der Waals surface area contributed by atoms with Crippen LogP contribution in [0.4, 0.5) is 10.8 Å². The third-order valence-electron chi connectivity index (χ3n) is 5.05. The number of carbonyl (C=O) groups excluding carboxylic acids is 2. The summed E-state index contributed by atoms with van der Waals surface area (Å²) in [6.45, 7) is 7.29. The molecule has 0 spiro atoms. The maximum atomic E-state index is 12.3. The minimum atomic E-state index is -0.725. The van der Waals surface area contributed by atoms with Gasteiger partial charge >= 0.3 is 11.8 Å². The quantitative estimate of drug-likeness (QED) is 0.586. The molecule has 3 rings (SSSR count). The molecule has 0 aliphatic rings. The number of nitrogens with zero attached hydrogens (tertiary/aromatic N) is 2. The maximum absolute atomic E-state index is 12.3. The highest BCUT2D eigenvalue weighted by molar-refractivity contribution is 7.14. The number of carbonyl (C=O) groups is 2. The monoisotopic (exact) mass is 422 g/mol. The first kappa shape index (κ1) is 21.5. The summed E-state index contributed by atoms with van der Waals surface area (Å²) in [4.78, 5) is 31.1. The van der Waals surface area contributed by atoms with Crippen LogP contribution in [-0.4, -0.2) is 30.4 Å². The van der Waals surface area contributed by atoms with E-state index in [1.165, 1.54) is 22.5 Å². The van der Waals surface area contributed by atoms with E-state index in [4.69, 9.17) is 0 Å². The molecule has 0 aliphatic carbocycles. The molecule has 7 heteroatoms. The Bertz CT molecular complexity index is 1060. The zero-order valence-corrected chi connectivity index (χ0v) is 18.5. The standard InChI is InChI=1S/C23H26N4O2S/c1-5-27(4)20-9-7-6-8-18(20)13-24-21(28)22(29)26-23-25-19(14-30-23)17-11-10-15(2)16(3)12-17/h6-12,14H,5,13H2,1-4H3,(H,24,28)(H,25,26,29). The van der Waals surface area contributed by atoms with Crippen molar-refractivity contribution in [2.75, 3.05) is 23.8 Å². The maximum Gasteiger partial charge on any atom is 0.315 e. The van der Waals surface area contributed by atoms with Gasteiger partial charge in [0.25, 0.3) is 0 Å². The average Bonchev–Trinajstić information content (AvgIpc) is 3.22. The molecule has 0 unspecified atom stereocenters. The van der Waals surface area contributed by atoms with Gasteiger partial charge in [-0.05, 0) is 49.6 Å². The summed E-state index contributed by atoms with van der Waals surface area (Å²) in [7, 11) is 1.99. The third-order valence-corrected chi connectivity index (χ3v) is 5.81. The number of amides is 2. The molecule has 30 heavy (non-hydrogen) atoms. The highest BCUT2D eigenvalue weighted by Crippen LogP contribution is 2.26. The number of nitrogens with one attached hydrogen (secondary N) is 2. The molecule has 0 aliphatic heterocycles. The van der Waals surface area contributed by atoms with Crippen LogP contribution in [0.15, 0.2) is 47.8 Å². The second-order valence-corrected chi connectivity index (χ2v) is 7.97. The number of aryl methyl sites for hydroxylation is 2. The number of rotatable bonds is 6. The molecule has 3 aromatic rings. The van der Waals surface area contributed by atoms with Crippen LogP contribution in [0.2, 0.25) is 0 Å². The molecule has 2 amide bonds. The number of aromatic nitrogens is 1. The summed E-state index contributed by atoms with van der Waals surface area (Å²) < 4.78 is 0. The van der Waals surface area contributed by atoms with Gasteiger partial charge in [0, 0.05) is 36.8 Å². The average molecular weight is 423 g/mol. The molecule has 2 N–H and O–H groups in total. The number of benzene rings is 2. The first-order valence-electron chi connectivity index (χ1n) is 9.80. The SMILES string of the molecule is CCN(C)c1ccccc1CNC(=O)C(=O)Nc1nc(-c2ccc(C)c(C)c2)cs1. The summed E-state index contributed by atoms with van der Waals surface area (Å²) in [6, 6.07) is 13.9. The Hall–Kier alpha value is -3.19. The fourth-order valence-electron chi connectivity index (χ4n) is 2.98. The summed E-state index contributed by atoms with van der Waals surface area (Å²) in [6.07, 6.45) is 0. The number of thiazole rings is 1. The molecule has 0 radical (unpaired) electrons. The molecular formula is C23H26N4O2S. The Morgan fingerprint density at radius 1 is 1.07 bits per heavy atom. The summed E-state index contributed by atoms with van der Waals surface area (Å²) in [5, 5.41) is 7.55. The van der Waals surface area contributed by atoms with Crippen LogP contribution in [0, 0.1) is 13.8 Å². The van der Waals surface area contributed by atoms with Crippen molar-refractivity contribution in [3.05, 3.63) is 64.5 Å². The van der Waals surface area contributed by atoms with Crippen molar-refractivity contribution in [1.29, 1.82) is 0 Å². The lowest BCUT2D eigenvalue weighted by Crippen LogP contribution is -2.35. The van der Waals surface area contributed by atoms with Gasteiger partial charge in [0.1, 0.15) is 0 Å². The smallest absolute Gasteiger partial charge is 0.315 e. The van der Waals surface area contributed by atoms with E-state index in [-0.39, 0.29) is 6.54 Å². The predicted octanol–water partition coefficient (Wildman–Crippen LogP) is 4.14. The number of hydrogen-bond acceptors (Lipinski definition) is 5. The molecule has 1 heterocycles. The van der Waals surface area contributed by atoms with Crippen LogP contribution >= 0.6 is 11.3 Å². The minimum absolute atomic E-state index is 0.276. The first-order chi connectivity index (χ1) is 14.4. The zero-order valence-electron chi connectivity index (χ0n) is 17.7. The Balaban J connectivity index is 1.61. The molecule has 6 nitrogen and oxygen atoms in total. The van der Waals surface area contributed by atoms with Crippen molar-refractivity contribution in [1.82, 2.24) is 10.3 Å². The third kappa shape index (κ3) is 5.04. The van der Waals surface area contributed by atoms with Gasteiger partial charge in [-0.2, -0.15) is 0 Å². The lowest BCUT2D eigenvalue weighted by Gasteiger charge is -2.20. The van der Waals surface area contributed by atoms with Crippen LogP contribution in [0.5, 0.6) is 0 Å². The van der Waals surface area contributed by atoms with E-state index < -0.39 is 11.8 Å². The highest BCUT2D eigenvalue weighted by atomic mass is 32.1. The lowest BCUT2D eigenvalue weighted by atomic mass is 10.1. The van der Waals surface area contributed by atoms with Gasteiger partial charge in [-0.1, -0.05) is 30.3 Å². The van der Waals surface area contributed by atoms with Crippen molar-refractivity contribution >= 4 is 34.0 Å². The van der Waals surface area contributed by atoms with E-state index in [0.29, 0.717) is 5.13 Å². The molecule has 0 saturated carbocycles. The fourth-order valence-corrected chi connectivity index (χ4v) is 3.69. The van der Waals surface area contributed by atoms with E-state index in [2.05, 4.69) is 47.4 Å². The van der Waals surface area contributed by atoms with Gasteiger partial charge < -0.3 is 10.2 Å². The summed E-state index contributed by atoms with van der Waals surface area (Å²) in [5.41, 5.74) is 6.13. The van der Waals surface area contributed by atoms with Gasteiger partial charge in [-0.15, -0.1) is 11.3 Å². The van der Waals surface area contributed by atoms with Crippen LogP contribution in [0.3, 0.4) is 0 Å². The molecule has 1 aromatic heterocycles. The van der Waals surface area contributed by atoms with Gasteiger partial charge in [-0.25, -0.2) is 4.98 Å². The normalized spacial score (nSPS) is 10.5. The van der Waals surface area contributed by atoms with Crippen molar-refractivity contribution in [3.63, 3.8) is 0 Å². The van der Waals surface area contributed by atoms with Gasteiger partial charge in [0.05, 0.1) is 5.69 Å². The van der Waals surface area contributed by atoms with Gasteiger partial charge in [0.2, 0.25) is 0 Å². The van der Waals surface area contributed by atoms with E-state index >= 15 is 0 Å². The van der Waals surface area contributed by atoms with Gasteiger partial charge in [-0.3, -0.25) is 14.9 Å². The Kier molecular flexibility index (Phi) is 6.84. The molecular weight excluding hydrogens is 396 g/mol. The second kappa shape index (κ2) is 9.54. The first-order valence-corrected chi connectivity index (χ1v) is 10.7. The largest absolute Gasteiger partial charge is 0.375 e. The number of hydrogen-bond donors (Lipinski definition) is 2. The highest BCUT2D eigenvalue weighted by Gasteiger charge is 2.16. The minimum Gasteiger partial charge on any atom is -0.375 e. The van der Waals surface area contributed by atoms with E-state index in [0.717, 1.165) is 29.1 Å². The van der Waals surface area contributed by atoms with E-state index in [1.54, 1.807) is 0 Å². The second-order valence-electron chi connectivity index (χ2n) is 7.12. The van der Waals surface area contributed by atoms with Crippen molar-refractivity contribution in [3.8, 4) is 11.3 Å². The zero-order chi connectivity index (χ0) is 21.7. The molecule has 0 saturated heterocycles. The predicted molar refractivity (Wildman–Crippen MR) is 123 cm³/mol. The van der Waals surface area contributed by atoms with Crippen molar-refractivity contribution in [2.45, 2.75) is 27.3 Å². The number of para-hydroxylation sites is 1. The van der Waals surface area contributed by atoms with Gasteiger partial charge in [0.15, 0.2) is 5.13 Å². The molecule has 2 aromatic carbocycles. The number of anilines is 2. The topological polar surface area (TPSA) is 74.3 Å². The van der Waals surface area contributed by atoms with Crippen molar-refractivity contribution in [2.24, 2.45) is 0 Å². The Morgan fingerprint density at radius 2 is 1.83 bits per heavy atom. The van der Waals surface area contributed by atoms with Crippen LogP contribution in [0.1, 0.15) is 23.6 Å².